The molecule has 0 saturated heterocycles. The van der Waals surface area contributed by atoms with Crippen molar-refractivity contribution < 1.29 is 28.5 Å². The first-order valence-corrected chi connectivity index (χ1v) is 15.2. The van der Waals surface area contributed by atoms with E-state index >= 15 is 0 Å². The van der Waals surface area contributed by atoms with Gasteiger partial charge in [-0.15, -0.1) is 0 Å². The summed E-state index contributed by atoms with van der Waals surface area (Å²) in [5, 5.41) is 0. The molecule has 5 aromatic rings. The monoisotopic (exact) mass is 596 g/mol. The smallest absolute Gasteiger partial charge is 0.338 e. The minimum atomic E-state index is -0.294. The number of rotatable bonds is 11. The predicted molar refractivity (Wildman–Crippen MR) is 172 cm³/mol. The van der Waals surface area contributed by atoms with Crippen LogP contribution in [0.3, 0.4) is 0 Å². The standard InChI is InChI=1S/C39H32O6/c40-39(41-26-30-25-27-6-7-29(30)24-27)28-8-10-32(11-9-28)43-34-16-18-36(19-17-34)45-38-22-20-37(21-23-38)44-35-14-12-33(13-15-35)42-31-4-2-1-3-5-31/h1-23,27,29-30H,24-26H2/t27-,29-,30-/m0/s1. The van der Waals surface area contributed by atoms with Crippen molar-refractivity contribution in [1.82, 2.24) is 0 Å². The van der Waals surface area contributed by atoms with Gasteiger partial charge in [-0.2, -0.15) is 0 Å². The average Bonchev–Trinajstić information content (AvgIpc) is 3.71. The van der Waals surface area contributed by atoms with Crippen molar-refractivity contribution in [3.63, 3.8) is 0 Å². The molecule has 0 amide bonds. The van der Waals surface area contributed by atoms with Crippen LogP contribution >= 0.6 is 0 Å². The lowest BCUT2D eigenvalue weighted by Crippen LogP contribution is -2.17. The molecule has 0 N–H and O–H groups in total. The van der Waals surface area contributed by atoms with Crippen LogP contribution in [0.1, 0.15) is 23.2 Å². The van der Waals surface area contributed by atoms with Gasteiger partial charge in [-0.25, -0.2) is 4.79 Å². The maximum Gasteiger partial charge on any atom is 0.338 e. The molecular weight excluding hydrogens is 564 g/mol. The highest BCUT2D eigenvalue weighted by Gasteiger charge is 2.36. The van der Waals surface area contributed by atoms with Crippen LogP contribution < -0.4 is 18.9 Å². The Kier molecular flexibility index (Phi) is 8.19. The number of benzene rings is 5. The van der Waals surface area contributed by atoms with Crippen molar-refractivity contribution in [2.75, 3.05) is 6.61 Å². The molecule has 6 nitrogen and oxygen atoms in total. The lowest BCUT2D eigenvalue weighted by Gasteiger charge is -2.17. The van der Waals surface area contributed by atoms with Gasteiger partial charge in [0.15, 0.2) is 0 Å². The molecule has 0 heterocycles. The molecule has 0 spiro atoms. The first-order valence-electron chi connectivity index (χ1n) is 15.2. The first kappa shape index (κ1) is 28.3. The fourth-order valence-electron chi connectivity index (χ4n) is 5.77. The van der Waals surface area contributed by atoms with Gasteiger partial charge in [0, 0.05) is 0 Å². The van der Waals surface area contributed by atoms with E-state index in [1.165, 1.54) is 6.42 Å². The molecule has 6 heteroatoms. The third kappa shape index (κ3) is 7.19. The van der Waals surface area contributed by atoms with Gasteiger partial charge in [-0.3, -0.25) is 0 Å². The van der Waals surface area contributed by atoms with Crippen molar-refractivity contribution in [3.05, 3.63) is 145 Å². The van der Waals surface area contributed by atoms with E-state index < -0.39 is 0 Å². The molecule has 3 atom stereocenters. The van der Waals surface area contributed by atoms with Crippen molar-refractivity contribution in [3.8, 4) is 46.0 Å². The Labute approximate surface area is 262 Å². The summed E-state index contributed by atoms with van der Waals surface area (Å²) in [6, 6.07) is 38.9. The number of para-hydroxylation sites is 1. The van der Waals surface area contributed by atoms with E-state index in [1.54, 1.807) is 24.3 Å². The molecule has 2 aliphatic carbocycles. The summed E-state index contributed by atoms with van der Waals surface area (Å²) in [6.45, 7) is 0.482. The molecule has 0 radical (unpaired) electrons. The molecule has 0 aliphatic heterocycles. The van der Waals surface area contributed by atoms with Crippen LogP contribution in [0.4, 0.5) is 0 Å². The highest BCUT2D eigenvalue weighted by Crippen LogP contribution is 2.43. The number of hydrogen-bond acceptors (Lipinski definition) is 6. The van der Waals surface area contributed by atoms with Gasteiger partial charge in [-0.05, 0) is 140 Å². The third-order valence-electron chi connectivity index (χ3n) is 8.09. The summed E-state index contributed by atoms with van der Waals surface area (Å²) < 4.78 is 29.4. The quantitative estimate of drug-likeness (QED) is 0.112. The first-order chi connectivity index (χ1) is 22.1. The Morgan fingerprint density at radius 2 is 0.889 bits per heavy atom. The lowest BCUT2D eigenvalue weighted by atomic mass is 9.95. The van der Waals surface area contributed by atoms with Gasteiger partial charge in [0.05, 0.1) is 12.2 Å². The normalized spacial score (nSPS) is 17.9. The zero-order chi connectivity index (χ0) is 30.4. The summed E-state index contributed by atoms with van der Waals surface area (Å²) in [4.78, 5) is 12.5. The number of carbonyl (C=O) groups excluding carboxylic acids is 1. The number of fused-ring (bicyclic) bond motifs is 2. The van der Waals surface area contributed by atoms with Crippen LogP contribution in [0.25, 0.3) is 0 Å². The van der Waals surface area contributed by atoms with Crippen molar-refractivity contribution in [2.45, 2.75) is 12.8 Å². The van der Waals surface area contributed by atoms with Crippen LogP contribution in [-0.4, -0.2) is 12.6 Å². The van der Waals surface area contributed by atoms with Crippen LogP contribution in [0.15, 0.2) is 140 Å². The average molecular weight is 597 g/mol. The molecule has 0 unspecified atom stereocenters. The van der Waals surface area contributed by atoms with Crippen molar-refractivity contribution >= 4 is 5.97 Å². The van der Waals surface area contributed by atoms with Gasteiger partial charge in [0.2, 0.25) is 0 Å². The second kappa shape index (κ2) is 13.0. The van der Waals surface area contributed by atoms with Gasteiger partial charge in [0.1, 0.15) is 46.0 Å². The van der Waals surface area contributed by atoms with E-state index in [4.69, 9.17) is 23.7 Å². The maximum atomic E-state index is 12.5. The zero-order valence-corrected chi connectivity index (χ0v) is 24.6. The molecule has 45 heavy (non-hydrogen) atoms. The molecule has 1 fully saturated rings. The van der Waals surface area contributed by atoms with Crippen molar-refractivity contribution in [2.24, 2.45) is 17.8 Å². The largest absolute Gasteiger partial charge is 0.462 e. The lowest BCUT2D eigenvalue weighted by molar-refractivity contribution is 0.0420. The van der Waals surface area contributed by atoms with Gasteiger partial charge >= 0.3 is 5.97 Å². The van der Waals surface area contributed by atoms with E-state index in [2.05, 4.69) is 12.2 Å². The molecule has 0 aromatic heterocycles. The number of hydrogen-bond donors (Lipinski definition) is 0. The van der Waals surface area contributed by atoms with E-state index in [0.717, 1.165) is 17.9 Å². The van der Waals surface area contributed by atoms with E-state index in [1.807, 2.05) is 103 Å². The molecule has 7 rings (SSSR count). The van der Waals surface area contributed by atoms with Crippen LogP contribution in [0.5, 0.6) is 46.0 Å². The Hall–Kier alpha value is -5.49. The summed E-state index contributed by atoms with van der Waals surface area (Å²) >= 11 is 0. The van der Waals surface area contributed by atoms with Crippen LogP contribution in [0, 0.1) is 17.8 Å². The Balaban J connectivity index is 0.872. The molecule has 2 bridgehead atoms. The zero-order valence-electron chi connectivity index (χ0n) is 24.6. The summed E-state index contributed by atoms with van der Waals surface area (Å²) in [5.41, 5.74) is 0.521. The summed E-state index contributed by atoms with van der Waals surface area (Å²) in [7, 11) is 0. The summed E-state index contributed by atoms with van der Waals surface area (Å²) in [6.07, 6.45) is 6.89. The Bertz CT molecular complexity index is 1740. The molecule has 1 saturated carbocycles. The second-order valence-electron chi connectivity index (χ2n) is 11.3. The SMILES string of the molecule is O=C(OC[C@@H]1C[C@H]2C=C[C@H]1C2)c1ccc(Oc2ccc(Oc3ccc(Oc4ccc(Oc5ccccc5)cc4)cc3)cc2)cc1. The number of allylic oxidation sites excluding steroid dienone is 2. The predicted octanol–water partition coefficient (Wildman–Crippen LogP) is 10.2. The van der Waals surface area contributed by atoms with E-state index in [9.17, 15) is 4.79 Å². The fourth-order valence-corrected chi connectivity index (χ4v) is 5.77. The minimum Gasteiger partial charge on any atom is -0.462 e. The molecule has 5 aromatic carbocycles. The highest BCUT2D eigenvalue weighted by atomic mass is 16.5. The fraction of sp³-hybridized carbons (Fsp3) is 0.154. The third-order valence-corrected chi connectivity index (χ3v) is 8.09. The highest BCUT2D eigenvalue weighted by molar-refractivity contribution is 5.89. The van der Waals surface area contributed by atoms with Gasteiger partial charge in [-0.1, -0.05) is 30.4 Å². The van der Waals surface area contributed by atoms with Gasteiger partial charge in [0.25, 0.3) is 0 Å². The van der Waals surface area contributed by atoms with Gasteiger partial charge < -0.3 is 23.7 Å². The Morgan fingerprint density at radius 1 is 0.489 bits per heavy atom. The second-order valence-corrected chi connectivity index (χ2v) is 11.3. The van der Waals surface area contributed by atoms with Crippen LogP contribution in [0.2, 0.25) is 0 Å². The van der Waals surface area contributed by atoms with Crippen LogP contribution in [-0.2, 0) is 4.74 Å². The van der Waals surface area contributed by atoms with E-state index in [0.29, 0.717) is 64.4 Å². The Morgan fingerprint density at radius 3 is 1.27 bits per heavy atom. The molecular formula is C39H32O6. The molecule has 224 valence electrons. The van der Waals surface area contributed by atoms with E-state index in [-0.39, 0.29) is 5.97 Å². The minimum absolute atomic E-state index is 0.294. The maximum absolute atomic E-state index is 12.5. The summed E-state index contributed by atoms with van der Waals surface area (Å²) in [5.74, 6) is 6.95. The number of esters is 1. The number of carbonyl (C=O) groups is 1. The topological polar surface area (TPSA) is 63.2 Å². The molecule has 2 aliphatic rings. The van der Waals surface area contributed by atoms with Crippen molar-refractivity contribution in [1.29, 1.82) is 0 Å². The number of ether oxygens (including phenoxy) is 5.